The first-order valence-corrected chi connectivity index (χ1v) is 6.69. The zero-order chi connectivity index (χ0) is 14.3. The molecule has 0 bridgehead atoms. The highest BCUT2D eigenvalue weighted by atomic mass is 32.1. The third kappa shape index (κ3) is 4.70. The number of hydrogen-bond donors (Lipinski definition) is 1. The fourth-order valence-electron chi connectivity index (χ4n) is 1.17. The molecule has 104 valence electrons. The summed E-state index contributed by atoms with van der Waals surface area (Å²) in [4.78, 5) is 27.4. The lowest BCUT2D eigenvalue weighted by molar-refractivity contribution is -0.146. The van der Waals surface area contributed by atoms with Crippen LogP contribution in [-0.2, 0) is 19.1 Å². The van der Waals surface area contributed by atoms with Crippen LogP contribution in [-0.4, -0.2) is 30.1 Å². The first kappa shape index (κ1) is 15.2. The standard InChI is InChI=1S/C12H16N2O4S/c1-4-17-10(15)9(11(16)18-5-2)6-13-12-14-8(3)7-19-12/h6-7H,4-5H2,1-3H3,(H,13,14). The maximum Gasteiger partial charge on any atom is 0.347 e. The summed E-state index contributed by atoms with van der Waals surface area (Å²) in [5.41, 5.74) is 0.672. The lowest BCUT2D eigenvalue weighted by atomic mass is 10.3. The molecule has 0 fully saturated rings. The molecule has 19 heavy (non-hydrogen) atoms. The number of hydrogen-bond acceptors (Lipinski definition) is 7. The predicted molar refractivity (Wildman–Crippen MR) is 71.8 cm³/mol. The zero-order valence-corrected chi connectivity index (χ0v) is 11.9. The van der Waals surface area contributed by atoms with Crippen LogP contribution in [0.2, 0.25) is 0 Å². The first-order chi connectivity index (χ1) is 9.08. The Morgan fingerprint density at radius 3 is 2.32 bits per heavy atom. The normalized spacial score (nSPS) is 9.63. The SMILES string of the molecule is CCOC(=O)C(=CNc1nc(C)cs1)C(=O)OCC. The molecule has 0 saturated carbocycles. The first-order valence-electron chi connectivity index (χ1n) is 5.81. The predicted octanol–water partition coefficient (Wildman–Crippen LogP) is 1.87. The Kier molecular flexibility index (Phi) is 6.01. The van der Waals surface area contributed by atoms with Gasteiger partial charge in [0.1, 0.15) is 0 Å². The average Bonchev–Trinajstić information content (AvgIpc) is 2.76. The Hall–Kier alpha value is -1.89. The molecule has 0 aliphatic rings. The van der Waals surface area contributed by atoms with Crippen molar-refractivity contribution in [1.82, 2.24) is 4.98 Å². The molecule has 0 atom stereocenters. The van der Waals surface area contributed by atoms with Crippen LogP contribution in [0, 0.1) is 6.92 Å². The van der Waals surface area contributed by atoms with Crippen molar-refractivity contribution in [2.75, 3.05) is 18.5 Å². The van der Waals surface area contributed by atoms with Crippen molar-refractivity contribution in [2.24, 2.45) is 0 Å². The van der Waals surface area contributed by atoms with Crippen LogP contribution in [0.3, 0.4) is 0 Å². The number of thiazole rings is 1. The van der Waals surface area contributed by atoms with Gasteiger partial charge in [-0.05, 0) is 20.8 Å². The highest BCUT2D eigenvalue weighted by Gasteiger charge is 2.21. The summed E-state index contributed by atoms with van der Waals surface area (Å²) in [5, 5.41) is 5.23. The van der Waals surface area contributed by atoms with Crippen molar-refractivity contribution in [2.45, 2.75) is 20.8 Å². The van der Waals surface area contributed by atoms with E-state index in [1.807, 2.05) is 12.3 Å². The molecule has 0 unspecified atom stereocenters. The van der Waals surface area contributed by atoms with Crippen molar-refractivity contribution in [3.8, 4) is 0 Å². The van der Waals surface area contributed by atoms with E-state index < -0.39 is 11.9 Å². The van der Waals surface area contributed by atoms with Crippen LogP contribution in [0.1, 0.15) is 19.5 Å². The molecule has 1 heterocycles. The number of anilines is 1. The Labute approximate surface area is 115 Å². The molecule has 1 aromatic rings. The molecule has 1 aromatic heterocycles. The molecular formula is C12H16N2O4S. The zero-order valence-electron chi connectivity index (χ0n) is 11.1. The van der Waals surface area contributed by atoms with Crippen molar-refractivity contribution in [3.63, 3.8) is 0 Å². The Balaban J connectivity index is 2.82. The molecule has 0 saturated heterocycles. The fourth-order valence-corrected chi connectivity index (χ4v) is 1.83. The highest BCUT2D eigenvalue weighted by molar-refractivity contribution is 7.13. The van der Waals surface area contributed by atoms with Crippen molar-refractivity contribution < 1.29 is 19.1 Å². The van der Waals surface area contributed by atoms with E-state index in [0.29, 0.717) is 5.13 Å². The molecule has 1 rings (SSSR count). The Morgan fingerprint density at radius 2 is 1.89 bits per heavy atom. The molecule has 0 aliphatic carbocycles. The number of aromatic nitrogens is 1. The second kappa shape index (κ2) is 7.52. The van der Waals surface area contributed by atoms with Gasteiger partial charge in [0.25, 0.3) is 0 Å². The molecule has 1 N–H and O–H groups in total. The van der Waals surface area contributed by atoms with Gasteiger partial charge in [-0.1, -0.05) is 0 Å². The van der Waals surface area contributed by atoms with Gasteiger partial charge in [0.05, 0.1) is 18.9 Å². The van der Waals surface area contributed by atoms with Gasteiger partial charge >= 0.3 is 11.9 Å². The Bertz CT molecular complexity index is 462. The van der Waals surface area contributed by atoms with E-state index in [9.17, 15) is 9.59 Å². The summed E-state index contributed by atoms with van der Waals surface area (Å²) in [6.07, 6.45) is 1.26. The van der Waals surface area contributed by atoms with Crippen LogP contribution in [0.15, 0.2) is 17.2 Å². The van der Waals surface area contributed by atoms with E-state index >= 15 is 0 Å². The van der Waals surface area contributed by atoms with E-state index in [2.05, 4.69) is 10.3 Å². The highest BCUT2D eigenvalue weighted by Crippen LogP contribution is 2.15. The smallest absolute Gasteiger partial charge is 0.347 e. The second-order valence-electron chi connectivity index (χ2n) is 3.44. The van der Waals surface area contributed by atoms with E-state index in [4.69, 9.17) is 9.47 Å². The van der Waals surface area contributed by atoms with Gasteiger partial charge in [0.2, 0.25) is 0 Å². The van der Waals surface area contributed by atoms with Crippen LogP contribution in [0.5, 0.6) is 0 Å². The summed E-state index contributed by atoms with van der Waals surface area (Å²) in [6.45, 7) is 5.55. The van der Waals surface area contributed by atoms with Gasteiger partial charge in [-0.2, -0.15) is 0 Å². The lowest BCUT2D eigenvalue weighted by Gasteiger charge is -2.06. The number of nitrogens with zero attached hydrogens (tertiary/aromatic N) is 1. The molecule has 0 spiro atoms. The topological polar surface area (TPSA) is 77.5 Å². The number of esters is 2. The van der Waals surface area contributed by atoms with Gasteiger partial charge in [0.15, 0.2) is 10.7 Å². The van der Waals surface area contributed by atoms with Gasteiger partial charge in [-0.25, -0.2) is 14.6 Å². The maximum atomic E-state index is 11.6. The van der Waals surface area contributed by atoms with Gasteiger partial charge < -0.3 is 14.8 Å². The van der Waals surface area contributed by atoms with Gasteiger partial charge in [-0.3, -0.25) is 0 Å². The number of carbonyl (C=O) groups excluding carboxylic acids is 2. The Morgan fingerprint density at radius 1 is 1.32 bits per heavy atom. The van der Waals surface area contributed by atoms with Crippen molar-refractivity contribution >= 4 is 28.4 Å². The number of nitrogens with one attached hydrogen (secondary N) is 1. The van der Waals surface area contributed by atoms with E-state index in [-0.39, 0.29) is 18.8 Å². The molecule has 6 nitrogen and oxygen atoms in total. The molecule has 0 aliphatic heterocycles. The summed E-state index contributed by atoms with van der Waals surface area (Å²) in [7, 11) is 0. The van der Waals surface area contributed by atoms with E-state index in [1.165, 1.54) is 17.5 Å². The summed E-state index contributed by atoms with van der Waals surface area (Å²) < 4.78 is 9.60. The maximum absolute atomic E-state index is 11.6. The molecule has 7 heteroatoms. The number of ether oxygens (including phenoxy) is 2. The fraction of sp³-hybridized carbons (Fsp3) is 0.417. The van der Waals surface area contributed by atoms with Crippen LogP contribution in [0.25, 0.3) is 0 Å². The van der Waals surface area contributed by atoms with Crippen molar-refractivity contribution in [3.05, 3.63) is 22.8 Å². The minimum Gasteiger partial charge on any atom is -0.462 e. The number of aryl methyl sites for hydroxylation is 1. The van der Waals surface area contributed by atoms with Crippen LogP contribution in [0.4, 0.5) is 5.13 Å². The third-order valence-corrected chi connectivity index (χ3v) is 2.84. The molecule has 0 aromatic carbocycles. The second-order valence-corrected chi connectivity index (χ2v) is 4.30. The van der Waals surface area contributed by atoms with E-state index in [1.54, 1.807) is 13.8 Å². The van der Waals surface area contributed by atoms with Gasteiger partial charge in [0, 0.05) is 11.6 Å². The van der Waals surface area contributed by atoms with Crippen LogP contribution >= 0.6 is 11.3 Å². The number of rotatable bonds is 6. The summed E-state index contributed by atoms with van der Waals surface area (Å²) >= 11 is 1.37. The average molecular weight is 284 g/mol. The quantitative estimate of drug-likeness (QED) is 0.372. The summed E-state index contributed by atoms with van der Waals surface area (Å²) in [5.74, 6) is -1.44. The monoisotopic (exact) mass is 284 g/mol. The molecule has 0 amide bonds. The van der Waals surface area contributed by atoms with Crippen molar-refractivity contribution in [1.29, 1.82) is 0 Å². The lowest BCUT2D eigenvalue weighted by Crippen LogP contribution is -2.19. The van der Waals surface area contributed by atoms with E-state index in [0.717, 1.165) is 5.69 Å². The molecular weight excluding hydrogens is 268 g/mol. The molecule has 0 radical (unpaired) electrons. The summed E-state index contributed by atoms with van der Waals surface area (Å²) in [6, 6.07) is 0. The van der Waals surface area contributed by atoms with Crippen LogP contribution < -0.4 is 5.32 Å². The largest absolute Gasteiger partial charge is 0.462 e. The minimum absolute atomic E-state index is 0.184. The minimum atomic E-state index is -0.721. The number of carbonyl (C=O) groups is 2. The van der Waals surface area contributed by atoms with Gasteiger partial charge in [-0.15, -0.1) is 11.3 Å². The third-order valence-electron chi connectivity index (χ3n) is 1.95.